The molecule has 0 aliphatic rings. The molecule has 0 aliphatic carbocycles. The van der Waals surface area contributed by atoms with E-state index in [0.29, 0.717) is 0 Å². The average Bonchev–Trinajstić information content (AvgIpc) is 3.17. The Morgan fingerprint density at radius 3 is 2.71 bits per heavy atom. The number of nitrogens with zero attached hydrogens (tertiary/aromatic N) is 3. The summed E-state index contributed by atoms with van der Waals surface area (Å²) in [6.45, 7) is 0.798. The molecule has 1 atom stereocenters. The number of benzene rings is 1. The average molecular weight is 282 g/mol. The standard InChI is InChI=1S/C16H18N4O/c1-20-12-18-19-15(20)9-10-17-16(14-8-5-11-21-14)13-6-3-2-4-7-13/h2-8,11-12,16-17H,9-10H2,1H3. The zero-order chi connectivity index (χ0) is 14.5. The summed E-state index contributed by atoms with van der Waals surface area (Å²) in [5.41, 5.74) is 1.19. The highest BCUT2D eigenvalue weighted by Crippen LogP contribution is 2.22. The van der Waals surface area contributed by atoms with Gasteiger partial charge in [0.2, 0.25) is 0 Å². The van der Waals surface area contributed by atoms with Crippen LogP contribution in [0.5, 0.6) is 0 Å². The van der Waals surface area contributed by atoms with E-state index in [1.165, 1.54) is 5.56 Å². The molecule has 0 spiro atoms. The third-order valence-electron chi connectivity index (χ3n) is 3.46. The number of hydrogen-bond acceptors (Lipinski definition) is 4. The minimum atomic E-state index is 0.0504. The molecule has 5 heteroatoms. The molecule has 1 aromatic carbocycles. The third kappa shape index (κ3) is 3.20. The van der Waals surface area contributed by atoms with Crippen molar-refractivity contribution in [3.63, 3.8) is 0 Å². The maximum absolute atomic E-state index is 5.57. The predicted octanol–water partition coefficient (Wildman–Crippen LogP) is 2.33. The largest absolute Gasteiger partial charge is 0.467 e. The lowest BCUT2D eigenvalue weighted by Gasteiger charge is -2.17. The van der Waals surface area contributed by atoms with E-state index in [9.17, 15) is 0 Å². The first-order chi connectivity index (χ1) is 10.3. The molecule has 5 nitrogen and oxygen atoms in total. The lowest BCUT2D eigenvalue weighted by atomic mass is 10.0. The molecule has 108 valence electrons. The van der Waals surface area contributed by atoms with Crippen LogP contribution in [0, 0.1) is 0 Å². The van der Waals surface area contributed by atoms with Crippen LogP contribution in [-0.2, 0) is 13.5 Å². The van der Waals surface area contributed by atoms with Gasteiger partial charge in [-0.2, -0.15) is 0 Å². The lowest BCUT2D eigenvalue weighted by molar-refractivity contribution is 0.446. The summed E-state index contributed by atoms with van der Waals surface area (Å²) in [4.78, 5) is 0. The number of hydrogen-bond donors (Lipinski definition) is 1. The van der Waals surface area contributed by atoms with Gasteiger partial charge in [0.05, 0.1) is 12.3 Å². The van der Waals surface area contributed by atoms with Crippen molar-refractivity contribution in [2.24, 2.45) is 7.05 Å². The minimum Gasteiger partial charge on any atom is -0.467 e. The van der Waals surface area contributed by atoms with E-state index in [2.05, 4.69) is 27.6 Å². The van der Waals surface area contributed by atoms with Crippen LogP contribution in [-0.4, -0.2) is 21.3 Å². The molecule has 3 rings (SSSR count). The molecule has 1 unspecified atom stereocenters. The Balaban J connectivity index is 1.70. The summed E-state index contributed by atoms with van der Waals surface area (Å²) < 4.78 is 7.50. The molecule has 2 aromatic heterocycles. The summed E-state index contributed by atoms with van der Waals surface area (Å²) in [5, 5.41) is 11.5. The highest BCUT2D eigenvalue weighted by molar-refractivity contribution is 5.26. The molecule has 2 heterocycles. The van der Waals surface area contributed by atoms with Crippen LogP contribution >= 0.6 is 0 Å². The van der Waals surface area contributed by atoms with Crippen molar-refractivity contribution in [2.75, 3.05) is 6.54 Å². The molecule has 21 heavy (non-hydrogen) atoms. The Hall–Kier alpha value is -2.40. The molecule has 3 aromatic rings. The number of nitrogens with one attached hydrogen (secondary N) is 1. The van der Waals surface area contributed by atoms with Crippen LogP contribution in [0.3, 0.4) is 0 Å². The van der Waals surface area contributed by atoms with E-state index in [1.54, 1.807) is 12.6 Å². The minimum absolute atomic E-state index is 0.0504. The Kier molecular flexibility index (Phi) is 4.12. The molecule has 0 saturated carbocycles. The van der Waals surface area contributed by atoms with Crippen molar-refractivity contribution in [3.05, 3.63) is 72.2 Å². The number of aryl methyl sites for hydroxylation is 1. The van der Waals surface area contributed by atoms with Gasteiger partial charge in [-0.25, -0.2) is 0 Å². The third-order valence-corrected chi connectivity index (χ3v) is 3.46. The fourth-order valence-corrected chi connectivity index (χ4v) is 2.35. The maximum atomic E-state index is 5.57. The predicted molar refractivity (Wildman–Crippen MR) is 79.7 cm³/mol. The van der Waals surface area contributed by atoms with Gasteiger partial charge < -0.3 is 14.3 Å². The van der Waals surface area contributed by atoms with Crippen molar-refractivity contribution in [1.82, 2.24) is 20.1 Å². The van der Waals surface area contributed by atoms with E-state index in [1.807, 2.05) is 41.9 Å². The van der Waals surface area contributed by atoms with E-state index < -0.39 is 0 Å². The Morgan fingerprint density at radius 2 is 2.05 bits per heavy atom. The van der Waals surface area contributed by atoms with Gasteiger partial charge in [0.15, 0.2) is 0 Å². The van der Waals surface area contributed by atoms with Gasteiger partial charge in [0, 0.05) is 20.0 Å². The van der Waals surface area contributed by atoms with Crippen molar-refractivity contribution in [3.8, 4) is 0 Å². The smallest absolute Gasteiger partial charge is 0.133 e. The summed E-state index contributed by atoms with van der Waals surface area (Å²) >= 11 is 0. The maximum Gasteiger partial charge on any atom is 0.133 e. The second-order valence-corrected chi connectivity index (χ2v) is 4.92. The summed E-state index contributed by atoms with van der Waals surface area (Å²) in [5.74, 6) is 1.88. The highest BCUT2D eigenvalue weighted by Gasteiger charge is 2.16. The first-order valence-electron chi connectivity index (χ1n) is 6.99. The Bertz CT molecular complexity index is 661. The fraction of sp³-hybridized carbons (Fsp3) is 0.250. The number of rotatable bonds is 6. The van der Waals surface area contributed by atoms with Gasteiger partial charge in [0.25, 0.3) is 0 Å². The Morgan fingerprint density at radius 1 is 1.19 bits per heavy atom. The molecule has 1 N–H and O–H groups in total. The van der Waals surface area contributed by atoms with Crippen LogP contribution in [0.2, 0.25) is 0 Å². The number of aromatic nitrogens is 3. The van der Waals surface area contributed by atoms with Gasteiger partial charge in [-0.05, 0) is 17.7 Å². The van der Waals surface area contributed by atoms with Gasteiger partial charge in [-0.3, -0.25) is 0 Å². The van der Waals surface area contributed by atoms with Crippen LogP contribution in [0.1, 0.15) is 23.2 Å². The summed E-state index contributed by atoms with van der Waals surface area (Å²) in [7, 11) is 1.95. The first-order valence-corrected chi connectivity index (χ1v) is 6.99. The molecular formula is C16H18N4O. The normalized spacial score (nSPS) is 12.4. The zero-order valence-corrected chi connectivity index (χ0v) is 11.9. The SMILES string of the molecule is Cn1cnnc1CCNC(c1ccccc1)c1ccco1. The molecule has 0 radical (unpaired) electrons. The van der Waals surface area contributed by atoms with Crippen LogP contribution < -0.4 is 5.32 Å². The molecule has 0 amide bonds. The molecule has 0 bridgehead atoms. The monoisotopic (exact) mass is 282 g/mol. The number of furan rings is 1. The molecule has 0 saturated heterocycles. The van der Waals surface area contributed by atoms with Crippen LogP contribution in [0.4, 0.5) is 0 Å². The molecular weight excluding hydrogens is 264 g/mol. The van der Waals surface area contributed by atoms with Gasteiger partial charge in [-0.15, -0.1) is 10.2 Å². The lowest BCUT2D eigenvalue weighted by Crippen LogP contribution is -2.25. The quantitative estimate of drug-likeness (QED) is 0.754. The molecule has 0 fully saturated rings. The first kappa shape index (κ1) is 13.6. The van der Waals surface area contributed by atoms with E-state index in [-0.39, 0.29) is 6.04 Å². The van der Waals surface area contributed by atoms with Gasteiger partial charge in [0.1, 0.15) is 17.9 Å². The second-order valence-electron chi connectivity index (χ2n) is 4.92. The summed E-state index contributed by atoms with van der Waals surface area (Å²) in [6.07, 6.45) is 4.24. The fourth-order valence-electron chi connectivity index (χ4n) is 2.35. The van der Waals surface area contributed by atoms with Crippen molar-refractivity contribution in [1.29, 1.82) is 0 Å². The van der Waals surface area contributed by atoms with E-state index >= 15 is 0 Å². The zero-order valence-electron chi connectivity index (χ0n) is 11.9. The van der Waals surface area contributed by atoms with Crippen molar-refractivity contribution in [2.45, 2.75) is 12.5 Å². The van der Waals surface area contributed by atoms with Crippen LogP contribution in [0.25, 0.3) is 0 Å². The summed E-state index contributed by atoms with van der Waals surface area (Å²) in [6, 6.07) is 14.2. The molecule has 0 aliphatic heterocycles. The van der Waals surface area contributed by atoms with Gasteiger partial charge in [-0.1, -0.05) is 30.3 Å². The van der Waals surface area contributed by atoms with Crippen molar-refractivity contribution < 1.29 is 4.42 Å². The van der Waals surface area contributed by atoms with Gasteiger partial charge >= 0.3 is 0 Å². The van der Waals surface area contributed by atoms with Crippen molar-refractivity contribution >= 4 is 0 Å². The Labute approximate surface area is 123 Å². The topological polar surface area (TPSA) is 55.9 Å². The highest BCUT2D eigenvalue weighted by atomic mass is 16.3. The van der Waals surface area contributed by atoms with E-state index in [0.717, 1.165) is 24.6 Å². The van der Waals surface area contributed by atoms with Crippen LogP contribution in [0.15, 0.2) is 59.5 Å². The van der Waals surface area contributed by atoms with E-state index in [4.69, 9.17) is 4.42 Å². The second kappa shape index (κ2) is 6.37.